The smallest absolute Gasteiger partial charge is 0.0179 e. The van der Waals surface area contributed by atoms with Gasteiger partial charge in [0, 0.05) is 0 Å². The van der Waals surface area contributed by atoms with E-state index in [0.717, 1.165) is 11.8 Å². The molecule has 76 valence electrons. The highest BCUT2D eigenvalue weighted by Crippen LogP contribution is 2.47. The number of rotatable bonds is 2. The fourth-order valence-electron chi connectivity index (χ4n) is 2.24. The van der Waals surface area contributed by atoms with Gasteiger partial charge >= 0.3 is 0 Å². The monoisotopic (exact) mass is 180 g/mol. The van der Waals surface area contributed by atoms with Crippen LogP contribution < -0.4 is 0 Å². The lowest BCUT2D eigenvalue weighted by Crippen LogP contribution is -2.21. The summed E-state index contributed by atoms with van der Waals surface area (Å²) >= 11 is 0. The Morgan fingerprint density at radius 1 is 1.23 bits per heavy atom. The summed E-state index contributed by atoms with van der Waals surface area (Å²) < 4.78 is 0. The van der Waals surface area contributed by atoms with Crippen LogP contribution in [-0.4, -0.2) is 0 Å². The van der Waals surface area contributed by atoms with Crippen LogP contribution in [0.1, 0.15) is 47.5 Å². The predicted molar refractivity (Wildman–Crippen MR) is 59.6 cm³/mol. The zero-order valence-electron chi connectivity index (χ0n) is 9.80. The standard InChI is InChI=1S/C13H24/c1-10(2)6-8-12-9-7-11(3)13(12,4)5/h6,8,10-12H,7,9H2,1-5H3. The van der Waals surface area contributed by atoms with Crippen LogP contribution in [0.3, 0.4) is 0 Å². The van der Waals surface area contributed by atoms with Crippen molar-refractivity contribution >= 4 is 0 Å². The first-order chi connectivity index (χ1) is 5.94. The highest BCUT2D eigenvalue weighted by atomic mass is 14.4. The van der Waals surface area contributed by atoms with Crippen LogP contribution in [0.4, 0.5) is 0 Å². The molecule has 0 N–H and O–H groups in total. The minimum absolute atomic E-state index is 0.519. The Morgan fingerprint density at radius 3 is 2.23 bits per heavy atom. The molecule has 13 heavy (non-hydrogen) atoms. The molecule has 1 saturated carbocycles. The first-order valence-corrected chi connectivity index (χ1v) is 5.63. The van der Waals surface area contributed by atoms with Crippen molar-refractivity contribution in [2.45, 2.75) is 47.5 Å². The first-order valence-electron chi connectivity index (χ1n) is 5.63. The van der Waals surface area contributed by atoms with E-state index in [1.165, 1.54) is 12.8 Å². The van der Waals surface area contributed by atoms with Gasteiger partial charge in [-0.3, -0.25) is 0 Å². The Kier molecular flexibility index (Phi) is 3.21. The molecule has 0 heteroatoms. The minimum Gasteiger partial charge on any atom is -0.0857 e. The molecule has 1 rings (SSSR count). The second-order valence-corrected chi connectivity index (χ2v) is 5.54. The molecular weight excluding hydrogens is 156 g/mol. The van der Waals surface area contributed by atoms with Crippen LogP contribution in [0.5, 0.6) is 0 Å². The molecule has 0 aromatic carbocycles. The normalized spacial score (nSPS) is 33.4. The number of allylic oxidation sites excluding steroid dienone is 2. The predicted octanol–water partition coefficient (Wildman–Crippen LogP) is 4.27. The molecule has 0 heterocycles. The van der Waals surface area contributed by atoms with Gasteiger partial charge in [-0.1, -0.05) is 46.8 Å². The van der Waals surface area contributed by atoms with Crippen molar-refractivity contribution in [1.82, 2.24) is 0 Å². The van der Waals surface area contributed by atoms with E-state index in [9.17, 15) is 0 Å². The Labute approximate surface area is 83.4 Å². The van der Waals surface area contributed by atoms with Crippen molar-refractivity contribution in [3.05, 3.63) is 12.2 Å². The Bertz CT molecular complexity index is 186. The van der Waals surface area contributed by atoms with Crippen molar-refractivity contribution in [2.75, 3.05) is 0 Å². The maximum Gasteiger partial charge on any atom is -0.0179 e. The third-order valence-electron chi connectivity index (χ3n) is 3.86. The average molecular weight is 180 g/mol. The van der Waals surface area contributed by atoms with Gasteiger partial charge in [0.1, 0.15) is 0 Å². The summed E-state index contributed by atoms with van der Waals surface area (Å²) in [6, 6.07) is 0. The van der Waals surface area contributed by atoms with Gasteiger partial charge in [0.05, 0.1) is 0 Å². The lowest BCUT2D eigenvalue weighted by Gasteiger charge is -2.29. The second kappa shape index (κ2) is 3.86. The third-order valence-corrected chi connectivity index (χ3v) is 3.86. The third kappa shape index (κ3) is 2.36. The van der Waals surface area contributed by atoms with E-state index in [1.54, 1.807) is 0 Å². The summed E-state index contributed by atoms with van der Waals surface area (Å²) in [6.07, 6.45) is 7.61. The van der Waals surface area contributed by atoms with E-state index in [-0.39, 0.29) is 0 Å². The molecule has 1 aliphatic rings. The van der Waals surface area contributed by atoms with E-state index >= 15 is 0 Å². The summed E-state index contributed by atoms with van der Waals surface area (Å²) in [4.78, 5) is 0. The number of hydrogen-bond donors (Lipinski definition) is 0. The van der Waals surface area contributed by atoms with Crippen molar-refractivity contribution in [2.24, 2.45) is 23.2 Å². The summed E-state index contributed by atoms with van der Waals surface area (Å²) in [5, 5.41) is 0. The highest BCUT2D eigenvalue weighted by Gasteiger charge is 2.38. The van der Waals surface area contributed by atoms with Crippen LogP contribution >= 0.6 is 0 Å². The average Bonchev–Trinajstić information content (AvgIpc) is 2.25. The summed E-state index contributed by atoms with van der Waals surface area (Å²) in [7, 11) is 0. The number of hydrogen-bond acceptors (Lipinski definition) is 0. The van der Waals surface area contributed by atoms with Crippen LogP contribution in [0.15, 0.2) is 12.2 Å². The molecule has 0 radical (unpaired) electrons. The molecule has 0 saturated heterocycles. The van der Waals surface area contributed by atoms with Crippen molar-refractivity contribution in [1.29, 1.82) is 0 Å². The summed E-state index contributed by atoms with van der Waals surface area (Å²) in [5.41, 5.74) is 0.519. The van der Waals surface area contributed by atoms with E-state index in [2.05, 4.69) is 46.8 Å². The van der Waals surface area contributed by atoms with Crippen LogP contribution in [0.2, 0.25) is 0 Å². The quantitative estimate of drug-likeness (QED) is 0.557. The maximum atomic E-state index is 2.45. The van der Waals surface area contributed by atoms with Gasteiger partial charge in [-0.15, -0.1) is 0 Å². The lowest BCUT2D eigenvalue weighted by molar-refractivity contribution is 0.231. The van der Waals surface area contributed by atoms with E-state index in [1.807, 2.05) is 0 Å². The van der Waals surface area contributed by atoms with Crippen molar-refractivity contribution in [3.8, 4) is 0 Å². The lowest BCUT2D eigenvalue weighted by atomic mass is 9.76. The van der Waals surface area contributed by atoms with Gasteiger partial charge in [0.2, 0.25) is 0 Å². The second-order valence-electron chi connectivity index (χ2n) is 5.54. The molecular formula is C13H24. The summed E-state index contributed by atoms with van der Waals surface area (Å²) in [5.74, 6) is 2.39. The van der Waals surface area contributed by atoms with E-state index in [0.29, 0.717) is 11.3 Å². The van der Waals surface area contributed by atoms with Gasteiger partial charge in [0.15, 0.2) is 0 Å². The molecule has 2 unspecified atom stereocenters. The Morgan fingerprint density at radius 2 is 1.85 bits per heavy atom. The van der Waals surface area contributed by atoms with E-state index < -0.39 is 0 Å². The molecule has 0 aliphatic heterocycles. The van der Waals surface area contributed by atoms with Gasteiger partial charge in [0.25, 0.3) is 0 Å². The van der Waals surface area contributed by atoms with Crippen LogP contribution in [0.25, 0.3) is 0 Å². The molecule has 0 spiro atoms. The fourth-order valence-corrected chi connectivity index (χ4v) is 2.24. The Hall–Kier alpha value is -0.260. The van der Waals surface area contributed by atoms with Gasteiger partial charge in [-0.2, -0.15) is 0 Å². The molecule has 0 amide bonds. The summed E-state index contributed by atoms with van der Waals surface area (Å²) in [6.45, 7) is 11.7. The van der Waals surface area contributed by atoms with Crippen LogP contribution in [-0.2, 0) is 0 Å². The zero-order chi connectivity index (χ0) is 10.1. The SMILES string of the molecule is CC(C)C=CC1CCC(C)C1(C)C. The van der Waals surface area contributed by atoms with Crippen molar-refractivity contribution in [3.63, 3.8) is 0 Å². The highest BCUT2D eigenvalue weighted by molar-refractivity contribution is 5.02. The minimum atomic E-state index is 0.519. The molecule has 0 aromatic rings. The van der Waals surface area contributed by atoms with Gasteiger partial charge < -0.3 is 0 Å². The topological polar surface area (TPSA) is 0 Å². The largest absolute Gasteiger partial charge is 0.0857 e. The molecule has 2 atom stereocenters. The molecule has 0 bridgehead atoms. The molecule has 1 aliphatic carbocycles. The Balaban J connectivity index is 2.62. The van der Waals surface area contributed by atoms with Crippen LogP contribution in [0, 0.1) is 23.2 Å². The van der Waals surface area contributed by atoms with Gasteiger partial charge in [-0.25, -0.2) is 0 Å². The fraction of sp³-hybridized carbons (Fsp3) is 0.846. The van der Waals surface area contributed by atoms with Crippen molar-refractivity contribution < 1.29 is 0 Å². The van der Waals surface area contributed by atoms with Gasteiger partial charge in [-0.05, 0) is 36.0 Å². The zero-order valence-corrected chi connectivity index (χ0v) is 9.80. The molecule has 0 nitrogen and oxygen atoms in total. The molecule has 1 fully saturated rings. The molecule has 0 aromatic heterocycles. The first kappa shape index (κ1) is 10.8. The van der Waals surface area contributed by atoms with E-state index in [4.69, 9.17) is 0 Å². The maximum absolute atomic E-state index is 2.45.